The van der Waals surface area contributed by atoms with Gasteiger partial charge in [-0.3, -0.25) is 13.9 Å². The summed E-state index contributed by atoms with van der Waals surface area (Å²) in [4.78, 5) is 28.6. The Morgan fingerprint density at radius 1 is 1.11 bits per heavy atom. The van der Waals surface area contributed by atoms with Crippen LogP contribution in [-0.2, 0) is 19.6 Å². The summed E-state index contributed by atoms with van der Waals surface area (Å²) >= 11 is 6.23. The molecule has 1 N–H and O–H groups in total. The number of sulfonamides is 1. The summed E-state index contributed by atoms with van der Waals surface area (Å²) in [6.07, 6.45) is 4.95. The third-order valence-corrected chi connectivity index (χ3v) is 9.39. The van der Waals surface area contributed by atoms with Crippen molar-refractivity contribution < 1.29 is 18.0 Å². The SMILES string of the molecule is CCN(C(=O)C[C@@H]1C(=O)Nc2ccccc2N1S(=O)(=O)c1cc(C)c(Cl)cc1C)C1CCCCC1. The van der Waals surface area contributed by atoms with Crippen LogP contribution in [0, 0.1) is 13.8 Å². The van der Waals surface area contributed by atoms with Crippen LogP contribution in [0.3, 0.4) is 0 Å². The van der Waals surface area contributed by atoms with Gasteiger partial charge in [0.25, 0.3) is 10.0 Å². The first-order valence-electron chi connectivity index (χ1n) is 12.2. The first-order chi connectivity index (χ1) is 16.6. The number of rotatable bonds is 6. The molecule has 2 aromatic carbocycles. The highest BCUT2D eigenvalue weighted by molar-refractivity contribution is 7.93. The van der Waals surface area contributed by atoms with E-state index in [0.717, 1.165) is 36.4 Å². The molecule has 0 spiro atoms. The Kier molecular flexibility index (Phi) is 7.43. The number of fused-ring (bicyclic) bond motifs is 1. The maximum absolute atomic E-state index is 14.1. The van der Waals surface area contributed by atoms with Gasteiger partial charge in [-0.05, 0) is 69.0 Å². The molecule has 2 amide bonds. The van der Waals surface area contributed by atoms with E-state index >= 15 is 0 Å². The minimum absolute atomic E-state index is 0.0704. The van der Waals surface area contributed by atoms with Crippen LogP contribution in [-0.4, -0.2) is 43.8 Å². The lowest BCUT2D eigenvalue weighted by Gasteiger charge is -2.39. The Labute approximate surface area is 212 Å². The molecule has 1 heterocycles. The lowest BCUT2D eigenvalue weighted by molar-refractivity contribution is -0.135. The molecule has 1 atom stereocenters. The summed E-state index contributed by atoms with van der Waals surface area (Å²) in [5, 5.41) is 3.27. The largest absolute Gasteiger partial charge is 0.340 e. The highest BCUT2D eigenvalue weighted by Crippen LogP contribution is 2.39. The van der Waals surface area contributed by atoms with Gasteiger partial charge in [0.1, 0.15) is 6.04 Å². The number of carbonyl (C=O) groups excluding carboxylic acids is 2. The fraction of sp³-hybridized carbons (Fsp3) is 0.462. The van der Waals surface area contributed by atoms with Gasteiger partial charge >= 0.3 is 0 Å². The van der Waals surface area contributed by atoms with Gasteiger partial charge in [0.05, 0.1) is 22.7 Å². The molecule has 1 saturated carbocycles. The number of amides is 2. The molecule has 0 aromatic heterocycles. The van der Waals surface area contributed by atoms with E-state index in [2.05, 4.69) is 5.32 Å². The van der Waals surface area contributed by atoms with Gasteiger partial charge in [-0.1, -0.05) is 43.0 Å². The van der Waals surface area contributed by atoms with Gasteiger partial charge in [0.15, 0.2) is 0 Å². The lowest BCUT2D eigenvalue weighted by Crippen LogP contribution is -2.54. The first-order valence-corrected chi connectivity index (χ1v) is 14.0. The normalized spacial score (nSPS) is 18.7. The molecule has 1 fully saturated rings. The van der Waals surface area contributed by atoms with E-state index in [1.54, 1.807) is 44.2 Å². The molecule has 4 rings (SSSR count). The summed E-state index contributed by atoms with van der Waals surface area (Å²) in [6.45, 7) is 5.87. The van der Waals surface area contributed by atoms with Gasteiger partial charge in [-0.25, -0.2) is 8.42 Å². The number of hydrogen-bond donors (Lipinski definition) is 1. The van der Waals surface area contributed by atoms with Crippen molar-refractivity contribution in [2.24, 2.45) is 0 Å². The maximum atomic E-state index is 14.1. The Hall–Kier alpha value is -2.58. The van der Waals surface area contributed by atoms with Crippen LogP contribution in [0.25, 0.3) is 0 Å². The van der Waals surface area contributed by atoms with E-state index in [-0.39, 0.29) is 23.3 Å². The molecule has 35 heavy (non-hydrogen) atoms. The van der Waals surface area contributed by atoms with Crippen molar-refractivity contribution in [2.75, 3.05) is 16.2 Å². The molecule has 2 aromatic rings. The molecule has 0 bridgehead atoms. The van der Waals surface area contributed by atoms with E-state index < -0.39 is 22.0 Å². The standard InChI is InChI=1S/C26H32ClN3O4S/c1-4-29(19-10-6-5-7-11-19)25(31)16-23-26(32)28-21-12-8-9-13-22(21)30(23)35(33,34)24-15-17(2)20(27)14-18(24)3/h8-9,12-15,19,23H,4-7,10-11,16H2,1-3H3,(H,28,32)/t23-/m1/s1. The lowest BCUT2D eigenvalue weighted by atomic mass is 9.93. The van der Waals surface area contributed by atoms with Gasteiger partial charge in [-0.2, -0.15) is 0 Å². The van der Waals surface area contributed by atoms with Crippen molar-refractivity contribution in [1.29, 1.82) is 0 Å². The topological polar surface area (TPSA) is 86.8 Å². The number of nitrogens with one attached hydrogen (secondary N) is 1. The van der Waals surface area contributed by atoms with Crippen molar-refractivity contribution in [2.45, 2.75) is 76.3 Å². The van der Waals surface area contributed by atoms with E-state index in [1.807, 2.05) is 11.8 Å². The molecule has 1 aliphatic carbocycles. The molecule has 0 unspecified atom stereocenters. The Bertz CT molecular complexity index is 1240. The number of halogens is 1. The number of para-hydroxylation sites is 2. The summed E-state index contributed by atoms with van der Waals surface area (Å²) in [5.41, 5.74) is 1.84. The van der Waals surface area contributed by atoms with Gasteiger partial charge in [-0.15, -0.1) is 0 Å². The van der Waals surface area contributed by atoms with E-state index in [9.17, 15) is 18.0 Å². The van der Waals surface area contributed by atoms with Crippen LogP contribution < -0.4 is 9.62 Å². The van der Waals surface area contributed by atoms with Crippen LogP contribution in [0.4, 0.5) is 11.4 Å². The summed E-state index contributed by atoms with van der Waals surface area (Å²) in [5.74, 6) is -0.716. The molecule has 0 radical (unpaired) electrons. The van der Waals surface area contributed by atoms with Crippen LogP contribution in [0.2, 0.25) is 5.02 Å². The zero-order chi connectivity index (χ0) is 25.3. The molecule has 2 aliphatic rings. The van der Waals surface area contributed by atoms with Crippen LogP contribution in [0.5, 0.6) is 0 Å². The van der Waals surface area contributed by atoms with Crippen LogP contribution in [0.1, 0.15) is 56.6 Å². The predicted molar refractivity (Wildman–Crippen MR) is 138 cm³/mol. The summed E-state index contributed by atoms with van der Waals surface area (Å²) < 4.78 is 29.3. The highest BCUT2D eigenvalue weighted by atomic mass is 35.5. The quantitative estimate of drug-likeness (QED) is 0.581. The Morgan fingerprint density at radius 3 is 2.49 bits per heavy atom. The average molecular weight is 518 g/mol. The molecule has 7 nitrogen and oxygen atoms in total. The van der Waals surface area contributed by atoms with Crippen molar-refractivity contribution in [3.63, 3.8) is 0 Å². The van der Waals surface area contributed by atoms with Crippen molar-refractivity contribution in [3.05, 3.63) is 52.5 Å². The van der Waals surface area contributed by atoms with E-state index in [1.165, 1.54) is 6.07 Å². The van der Waals surface area contributed by atoms with Crippen molar-refractivity contribution in [3.8, 4) is 0 Å². The van der Waals surface area contributed by atoms with Gasteiger partial charge in [0.2, 0.25) is 11.8 Å². The fourth-order valence-corrected chi connectivity index (χ4v) is 7.33. The van der Waals surface area contributed by atoms with Gasteiger partial charge in [0, 0.05) is 17.6 Å². The third-order valence-electron chi connectivity index (χ3n) is 7.02. The third kappa shape index (κ3) is 4.91. The first kappa shape index (κ1) is 25.5. The Balaban J connectivity index is 1.76. The monoisotopic (exact) mass is 517 g/mol. The molecular formula is C26H32ClN3O4S. The number of hydrogen-bond acceptors (Lipinski definition) is 4. The van der Waals surface area contributed by atoms with E-state index in [0.29, 0.717) is 34.1 Å². The van der Waals surface area contributed by atoms with Crippen LogP contribution >= 0.6 is 11.6 Å². The smallest absolute Gasteiger partial charge is 0.265 e. The highest BCUT2D eigenvalue weighted by Gasteiger charge is 2.43. The molecule has 0 saturated heterocycles. The summed E-state index contributed by atoms with van der Waals surface area (Å²) in [6, 6.07) is 8.84. The Morgan fingerprint density at radius 2 is 1.80 bits per heavy atom. The second kappa shape index (κ2) is 10.2. The fourth-order valence-electron chi connectivity index (χ4n) is 5.19. The molecule has 1 aliphatic heterocycles. The minimum Gasteiger partial charge on any atom is -0.340 e. The summed E-state index contributed by atoms with van der Waals surface area (Å²) in [7, 11) is -4.19. The van der Waals surface area contributed by atoms with E-state index in [4.69, 9.17) is 11.6 Å². The predicted octanol–water partition coefficient (Wildman–Crippen LogP) is 5.04. The minimum atomic E-state index is -4.19. The number of benzene rings is 2. The second-order valence-electron chi connectivity index (χ2n) is 9.37. The number of carbonyl (C=O) groups is 2. The second-order valence-corrected chi connectivity index (χ2v) is 11.6. The van der Waals surface area contributed by atoms with Gasteiger partial charge < -0.3 is 10.2 Å². The zero-order valence-corrected chi connectivity index (χ0v) is 22.0. The zero-order valence-electron chi connectivity index (χ0n) is 20.4. The van der Waals surface area contributed by atoms with Crippen LogP contribution in [0.15, 0.2) is 41.3 Å². The molecule has 9 heteroatoms. The number of anilines is 2. The number of nitrogens with zero attached hydrogens (tertiary/aromatic N) is 2. The number of aryl methyl sites for hydroxylation is 2. The molecular weight excluding hydrogens is 486 g/mol. The molecule has 188 valence electrons. The van der Waals surface area contributed by atoms with Crippen molar-refractivity contribution >= 4 is 44.8 Å². The van der Waals surface area contributed by atoms with Crippen molar-refractivity contribution in [1.82, 2.24) is 4.90 Å². The average Bonchev–Trinajstić information content (AvgIpc) is 2.82. The maximum Gasteiger partial charge on any atom is 0.265 e.